The van der Waals surface area contributed by atoms with Crippen LogP contribution < -0.4 is 14.9 Å². The maximum atomic E-state index is 11.6. The van der Waals surface area contributed by atoms with Crippen LogP contribution in [-0.4, -0.2) is 38.5 Å². The second-order valence-electron chi connectivity index (χ2n) is 4.53. The van der Waals surface area contributed by atoms with E-state index in [9.17, 15) is 4.79 Å². The van der Waals surface area contributed by atoms with Crippen LogP contribution in [0.25, 0.3) is 0 Å². The van der Waals surface area contributed by atoms with Crippen molar-refractivity contribution in [2.24, 2.45) is 5.10 Å². The van der Waals surface area contributed by atoms with Crippen molar-refractivity contribution >= 4 is 44.6 Å². The number of hydrazone groups is 1. The van der Waals surface area contributed by atoms with E-state index in [1.807, 2.05) is 6.07 Å². The number of nitrogens with one attached hydrogen (secondary N) is 1. The highest BCUT2D eigenvalue weighted by Crippen LogP contribution is 2.33. The van der Waals surface area contributed by atoms with Crippen LogP contribution in [0.4, 0.5) is 5.13 Å². The molecule has 24 heavy (non-hydrogen) atoms. The number of halogens is 1. The van der Waals surface area contributed by atoms with Crippen molar-refractivity contribution in [3.63, 3.8) is 0 Å². The van der Waals surface area contributed by atoms with Crippen LogP contribution in [0, 0.1) is 6.92 Å². The number of carbonyl (C=O) groups excluding carboxylic acids is 1. The fourth-order valence-corrected chi connectivity index (χ4v) is 3.23. The summed E-state index contributed by atoms with van der Waals surface area (Å²) in [6, 6.07) is 3.65. The molecular weight excluding hydrogens is 398 g/mol. The van der Waals surface area contributed by atoms with Gasteiger partial charge in [-0.25, -0.2) is 9.78 Å². The van der Waals surface area contributed by atoms with Crippen LogP contribution >= 0.6 is 27.3 Å². The Balaban J connectivity index is 2.21. The molecule has 0 aliphatic carbocycles. The van der Waals surface area contributed by atoms with E-state index in [1.165, 1.54) is 18.4 Å². The topological polar surface area (TPSA) is 82.0 Å². The number of ether oxygens (including phenoxy) is 3. The van der Waals surface area contributed by atoms with Crippen molar-refractivity contribution in [2.45, 2.75) is 6.92 Å². The molecule has 2 rings (SSSR count). The summed E-state index contributed by atoms with van der Waals surface area (Å²) >= 11 is 4.58. The van der Waals surface area contributed by atoms with E-state index in [0.29, 0.717) is 27.2 Å². The van der Waals surface area contributed by atoms with E-state index in [0.717, 1.165) is 10.0 Å². The number of nitrogens with zero attached hydrogens (tertiary/aromatic N) is 2. The minimum Gasteiger partial charge on any atom is -0.493 e. The molecule has 0 amide bonds. The lowest BCUT2D eigenvalue weighted by atomic mass is 10.2. The van der Waals surface area contributed by atoms with Crippen LogP contribution in [0.5, 0.6) is 11.5 Å². The molecule has 128 valence electrons. The van der Waals surface area contributed by atoms with Gasteiger partial charge < -0.3 is 14.2 Å². The van der Waals surface area contributed by atoms with E-state index < -0.39 is 5.97 Å². The van der Waals surface area contributed by atoms with Gasteiger partial charge in [-0.15, -0.1) is 0 Å². The van der Waals surface area contributed by atoms with Crippen molar-refractivity contribution in [2.75, 3.05) is 26.8 Å². The summed E-state index contributed by atoms with van der Waals surface area (Å²) in [5.41, 5.74) is 4.11. The number of aromatic nitrogens is 1. The maximum absolute atomic E-state index is 11.6. The zero-order valence-corrected chi connectivity index (χ0v) is 15.9. The normalized spacial score (nSPS) is 10.7. The molecule has 9 heteroatoms. The second-order valence-corrected chi connectivity index (χ2v) is 6.44. The molecule has 2 aromatic rings. The monoisotopic (exact) mass is 413 g/mol. The summed E-state index contributed by atoms with van der Waals surface area (Å²) in [7, 11) is 4.46. The summed E-state index contributed by atoms with van der Waals surface area (Å²) in [5, 5.41) is 4.63. The SMILES string of the molecule is COC(=O)c1sc(N/N=C\c2cc(Br)cc(OC)c2OC)nc1C. The van der Waals surface area contributed by atoms with Crippen LogP contribution in [-0.2, 0) is 4.74 Å². The van der Waals surface area contributed by atoms with Crippen molar-refractivity contribution in [1.29, 1.82) is 0 Å². The first-order valence-electron chi connectivity index (χ1n) is 6.76. The van der Waals surface area contributed by atoms with Gasteiger partial charge in [0.15, 0.2) is 11.5 Å². The van der Waals surface area contributed by atoms with E-state index >= 15 is 0 Å². The Bertz CT molecular complexity index is 776. The summed E-state index contributed by atoms with van der Waals surface area (Å²) < 4.78 is 16.2. The summed E-state index contributed by atoms with van der Waals surface area (Å²) in [5.74, 6) is 0.739. The van der Waals surface area contributed by atoms with Gasteiger partial charge in [-0.1, -0.05) is 27.3 Å². The average molecular weight is 414 g/mol. The highest BCUT2D eigenvalue weighted by Gasteiger charge is 2.15. The largest absolute Gasteiger partial charge is 0.493 e. The first kappa shape index (κ1) is 18.2. The fraction of sp³-hybridized carbons (Fsp3) is 0.267. The Morgan fingerprint density at radius 1 is 1.33 bits per heavy atom. The number of hydrogen-bond acceptors (Lipinski definition) is 8. The highest BCUT2D eigenvalue weighted by atomic mass is 79.9. The number of aryl methyl sites for hydroxylation is 1. The number of carbonyl (C=O) groups is 1. The third kappa shape index (κ3) is 4.04. The lowest BCUT2D eigenvalue weighted by Crippen LogP contribution is -1.99. The predicted molar refractivity (Wildman–Crippen MR) is 96.7 cm³/mol. The zero-order valence-electron chi connectivity index (χ0n) is 13.5. The van der Waals surface area contributed by atoms with Crippen molar-refractivity contribution in [1.82, 2.24) is 4.98 Å². The molecule has 0 spiro atoms. The van der Waals surface area contributed by atoms with Crippen molar-refractivity contribution in [3.8, 4) is 11.5 Å². The quantitative estimate of drug-likeness (QED) is 0.443. The average Bonchev–Trinajstić information content (AvgIpc) is 2.94. The lowest BCUT2D eigenvalue weighted by molar-refractivity contribution is 0.0605. The number of rotatable bonds is 6. The molecule has 1 aromatic carbocycles. The molecule has 0 aliphatic heterocycles. The molecule has 0 saturated carbocycles. The van der Waals surface area contributed by atoms with Crippen LogP contribution in [0.15, 0.2) is 21.7 Å². The Morgan fingerprint density at radius 2 is 2.08 bits per heavy atom. The maximum Gasteiger partial charge on any atom is 0.350 e. The lowest BCUT2D eigenvalue weighted by Gasteiger charge is -2.10. The molecule has 0 fully saturated rings. The molecule has 1 heterocycles. The van der Waals surface area contributed by atoms with Gasteiger partial charge >= 0.3 is 5.97 Å². The number of thiazole rings is 1. The smallest absolute Gasteiger partial charge is 0.350 e. The van der Waals surface area contributed by atoms with E-state index in [-0.39, 0.29) is 0 Å². The zero-order chi connectivity index (χ0) is 17.7. The minimum absolute atomic E-state index is 0.416. The predicted octanol–water partition coefficient (Wildman–Crippen LogP) is 3.46. The van der Waals surface area contributed by atoms with Crippen LogP contribution in [0.3, 0.4) is 0 Å². The van der Waals surface area contributed by atoms with Crippen molar-refractivity contribution < 1.29 is 19.0 Å². The van der Waals surface area contributed by atoms with E-state index in [1.54, 1.807) is 33.4 Å². The molecule has 0 saturated heterocycles. The first-order valence-corrected chi connectivity index (χ1v) is 8.37. The summed E-state index contributed by atoms with van der Waals surface area (Å²) in [4.78, 5) is 16.3. The molecule has 0 bridgehead atoms. The van der Waals surface area contributed by atoms with E-state index in [2.05, 4.69) is 31.4 Å². The van der Waals surface area contributed by atoms with E-state index in [4.69, 9.17) is 14.2 Å². The number of hydrogen-bond donors (Lipinski definition) is 1. The second kappa shape index (κ2) is 8.11. The number of esters is 1. The standard InChI is InChI=1S/C15H16BrN3O4S/c1-8-13(14(20)23-4)24-15(18-8)19-17-7-9-5-10(16)6-11(21-2)12(9)22-3/h5-7H,1-4H3,(H,18,19)/b17-7-. The Morgan fingerprint density at radius 3 is 2.71 bits per heavy atom. The molecule has 0 unspecified atom stereocenters. The number of methoxy groups -OCH3 is 3. The minimum atomic E-state index is -0.416. The Kier molecular flexibility index (Phi) is 6.16. The summed E-state index contributed by atoms with van der Waals surface area (Å²) in [6.07, 6.45) is 1.58. The third-order valence-corrected chi connectivity index (χ3v) is 4.50. The highest BCUT2D eigenvalue weighted by molar-refractivity contribution is 9.10. The Labute approximate surface area is 151 Å². The number of anilines is 1. The third-order valence-electron chi connectivity index (χ3n) is 3.00. The molecule has 1 aromatic heterocycles. The first-order chi connectivity index (χ1) is 11.5. The van der Waals surface area contributed by atoms with Crippen molar-refractivity contribution in [3.05, 3.63) is 32.7 Å². The molecule has 7 nitrogen and oxygen atoms in total. The van der Waals surface area contributed by atoms with Crippen LogP contribution in [0.1, 0.15) is 20.9 Å². The summed E-state index contributed by atoms with van der Waals surface area (Å²) in [6.45, 7) is 1.74. The van der Waals surface area contributed by atoms with Gasteiger partial charge in [-0.3, -0.25) is 5.43 Å². The van der Waals surface area contributed by atoms with Crippen LogP contribution in [0.2, 0.25) is 0 Å². The van der Waals surface area contributed by atoms with Gasteiger partial charge in [0.25, 0.3) is 0 Å². The molecule has 0 radical (unpaired) electrons. The van der Waals surface area contributed by atoms with Gasteiger partial charge in [0.2, 0.25) is 5.13 Å². The van der Waals surface area contributed by atoms with Gasteiger partial charge in [-0.2, -0.15) is 5.10 Å². The molecule has 0 aliphatic rings. The fourth-order valence-electron chi connectivity index (χ4n) is 1.94. The van der Waals surface area contributed by atoms with Gasteiger partial charge in [-0.05, 0) is 19.1 Å². The molecule has 0 atom stereocenters. The number of benzene rings is 1. The van der Waals surface area contributed by atoms with Gasteiger partial charge in [0.1, 0.15) is 4.88 Å². The van der Waals surface area contributed by atoms with Gasteiger partial charge in [0, 0.05) is 10.0 Å². The Hall–Kier alpha value is -2.13. The molecule has 1 N–H and O–H groups in total. The molecular formula is C15H16BrN3O4S. The van der Waals surface area contributed by atoms with Gasteiger partial charge in [0.05, 0.1) is 33.2 Å².